The number of aryl methyl sites for hydroxylation is 2. The van der Waals surface area contributed by atoms with Gasteiger partial charge in [0.15, 0.2) is 10.6 Å². The Morgan fingerprint density at radius 3 is 2.86 bits per heavy atom. The molecule has 0 aliphatic heterocycles. The molecule has 0 N–H and O–H groups in total. The lowest BCUT2D eigenvalue weighted by molar-refractivity contribution is 0.0971. The van der Waals surface area contributed by atoms with Gasteiger partial charge in [-0.15, -0.1) is 0 Å². The zero-order valence-electron chi connectivity index (χ0n) is 11.9. The number of methoxy groups -OCH3 is 1. The molecule has 0 saturated heterocycles. The maximum absolute atomic E-state index is 12.0. The van der Waals surface area contributed by atoms with E-state index in [-0.39, 0.29) is 5.76 Å². The number of carbonyl (C=O) groups excluding carboxylic acids is 1. The fourth-order valence-corrected chi connectivity index (χ4v) is 3.26. The molecule has 0 aliphatic carbocycles. The van der Waals surface area contributed by atoms with Crippen molar-refractivity contribution >= 4 is 27.5 Å². The summed E-state index contributed by atoms with van der Waals surface area (Å²) >= 11 is 1.46. The van der Waals surface area contributed by atoms with Crippen molar-refractivity contribution in [1.29, 1.82) is 0 Å². The summed E-state index contributed by atoms with van der Waals surface area (Å²) in [6, 6.07) is 7.18. The molecule has 1 amide bonds. The average molecular weight is 302 g/mol. The van der Waals surface area contributed by atoms with Crippen LogP contribution in [0.5, 0.6) is 5.75 Å². The van der Waals surface area contributed by atoms with Crippen LogP contribution in [0.1, 0.15) is 16.1 Å². The second kappa shape index (κ2) is 5.21. The van der Waals surface area contributed by atoms with E-state index in [0.29, 0.717) is 4.80 Å². The molecule has 3 rings (SSSR count). The first-order chi connectivity index (χ1) is 10.1. The van der Waals surface area contributed by atoms with Crippen molar-refractivity contribution in [2.75, 3.05) is 7.11 Å². The van der Waals surface area contributed by atoms with E-state index >= 15 is 0 Å². The van der Waals surface area contributed by atoms with Gasteiger partial charge in [0.05, 0.1) is 18.1 Å². The lowest BCUT2D eigenvalue weighted by Crippen LogP contribution is -2.13. The monoisotopic (exact) mass is 302 g/mol. The molecule has 3 aromatic rings. The highest BCUT2D eigenvalue weighted by molar-refractivity contribution is 7.16. The summed E-state index contributed by atoms with van der Waals surface area (Å²) in [6.45, 7) is 2.02. The van der Waals surface area contributed by atoms with Crippen molar-refractivity contribution in [1.82, 2.24) is 4.57 Å². The van der Waals surface area contributed by atoms with Gasteiger partial charge in [-0.2, -0.15) is 4.99 Å². The van der Waals surface area contributed by atoms with E-state index in [1.165, 1.54) is 17.6 Å². The minimum atomic E-state index is -0.390. The zero-order valence-corrected chi connectivity index (χ0v) is 12.7. The SMILES string of the molecule is COc1ccc(C)c2sc(=NC(=O)c3ccco3)n(C)c12. The molecule has 0 radical (unpaired) electrons. The third kappa shape index (κ3) is 2.27. The van der Waals surface area contributed by atoms with Crippen LogP contribution in [-0.2, 0) is 7.05 Å². The molecule has 2 heterocycles. The molecule has 108 valence electrons. The van der Waals surface area contributed by atoms with Crippen molar-refractivity contribution in [3.05, 3.63) is 46.7 Å². The molecule has 5 nitrogen and oxygen atoms in total. The van der Waals surface area contributed by atoms with Gasteiger partial charge in [-0.05, 0) is 30.7 Å². The molecule has 0 atom stereocenters. The molecular weight excluding hydrogens is 288 g/mol. The largest absolute Gasteiger partial charge is 0.495 e. The van der Waals surface area contributed by atoms with Crippen LogP contribution in [0, 0.1) is 6.92 Å². The van der Waals surface area contributed by atoms with Gasteiger partial charge in [0.25, 0.3) is 0 Å². The molecule has 0 spiro atoms. The topological polar surface area (TPSA) is 56.7 Å². The van der Waals surface area contributed by atoms with E-state index < -0.39 is 5.91 Å². The van der Waals surface area contributed by atoms with Crippen molar-refractivity contribution in [2.24, 2.45) is 12.0 Å². The summed E-state index contributed by atoms with van der Waals surface area (Å²) in [5, 5.41) is 0. The highest BCUT2D eigenvalue weighted by atomic mass is 32.1. The first-order valence-corrected chi connectivity index (χ1v) is 7.19. The lowest BCUT2D eigenvalue weighted by atomic mass is 10.2. The number of hydrogen-bond donors (Lipinski definition) is 0. The highest BCUT2D eigenvalue weighted by Gasteiger charge is 2.13. The summed E-state index contributed by atoms with van der Waals surface area (Å²) in [5.41, 5.74) is 2.06. The molecule has 0 aliphatic rings. The molecule has 0 unspecified atom stereocenters. The maximum Gasteiger partial charge on any atom is 0.315 e. The second-order valence-corrected chi connectivity index (χ2v) is 5.58. The Labute approximate surface area is 125 Å². The standard InChI is InChI=1S/C15H14N2O3S/c1-9-6-7-10(19-3)12-13(9)21-15(17(12)2)16-14(18)11-5-4-8-20-11/h4-8H,1-3H3. The molecule has 2 aromatic heterocycles. The number of ether oxygens (including phenoxy) is 1. The minimum absolute atomic E-state index is 0.233. The van der Waals surface area contributed by atoms with Gasteiger partial charge >= 0.3 is 5.91 Å². The van der Waals surface area contributed by atoms with Gasteiger partial charge in [-0.1, -0.05) is 17.4 Å². The van der Waals surface area contributed by atoms with E-state index in [1.54, 1.807) is 19.2 Å². The Balaban J connectivity index is 2.23. The van der Waals surface area contributed by atoms with Crippen molar-refractivity contribution < 1.29 is 13.9 Å². The number of thiazole rings is 1. The number of carbonyl (C=O) groups is 1. The summed E-state index contributed by atoms with van der Waals surface area (Å²) in [5.74, 6) is 0.608. The first kappa shape index (κ1) is 13.6. The third-order valence-electron chi connectivity index (χ3n) is 3.26. The quantitative estimate of drug-likeness (QED) is 0.731. The van der Waals surface area contributed by atoms with Crippen LogP contribution in [0.4, 0.5) is 0 Å². The normalized spacial score (nSPS) is 12.0. The molecule has 0 fully saturated rings. The Morgan fingerprint density at radius 2 is 2.19 bits per heavy atom. The highest BCUT2D eigenvalue weighted by Crippen LogP contribution is 2.29. The summed E-state index contributed by atoms with van der Waals surface area (Å²) in [4.78, 5) is 16.8. The Kier molecular flexibility index (Phi) is 3.39. The molecule has 0 saturated carbocycles. The van der Waals surface area contributed by atoms with Gasteiger partial charge in [0.2, 0.25) is 0 Å². The fraction of sp³-hybridized carbons (Fsp3) is 0.200. The van der Waals surface area contributed by atoms with Crippen molar-refractivity contribution in [3.63, 3.8) is 0 Å². The molecule has 1 aromatic carbocycles. The van der Waals surface area contributed by atoms with Crippen LogP contribution in [0.2, 0.25) is 0 Å². The average Bonchev–Trinajstić information content (AvgIpc) is 3.10. The van der Waals surface area contributed by atoms with Crippen molar-refractivity contribution in [3.8, 4) is 5.75 Å². The van der Waals surface area contributed by atoms with E-state index in [9.17, 15) is 4.79 Å². The fourth-order valence-electron chi connectivity index (χ4n) is 2.16. The van der Waals surface area contributed by atoms with Gasteiger partial charge in [0, 0.05) is 7.05 Å². The Hall–Kier alpha value is -2.34. The van der Waals surface area contributed by atoms with Crippen LogP contribution in [0.3, 0.4) is 0 Å². The summed E-state index contributed by atoms with van der Waals surface area (Å²) in [6.07, 6.45) is 1.46. The Bertz CT molecular complexity index is 872. The molecular formula is C15H14N2O3S. The summed E-state index contributed by atoms with van der Waals surface area (Å²) < 4.78 is 13.4. The minimum Gasteiger partial charge on any atom is -0.495 e. The number of rotatable bonds is 2. The third-order valence-corrected chi connectivity index (χ3v) is 4.52. The van der Waals surface area contributed by atoms with E-state index in [4.69, 9.17) is 9.15 Å². The second-order valence-electron chi connectivity index (χ2n) is 4.60. The van der Waals surface area contributed by atoms with Crippen molar-refractivity contribution in [2.45, 2.75) is 6.92 Å². The van der Waals surface area contributed by atoms with Gasteiger partial charge in [-0.3, -0.25) is 4.79 Å². The summed E-state index contributed by atoms with van der Waals surface area (Å²) in [7, 11) is 3.50. The predicted molar refractivity (Wildman–Crippen MR) is 80.7 cm³/mol. The number of furan rings is 1. The van der Waals surface area contributed by atoms with E-state index in [2.05, 4.69) is 4.99 Å². The first-order valence-electron chi connectivity index (χ1n) is 6.37. The number of fused-ring (bicyclic) bond motifs is 1. The van der Waals surface area contributed by atoms with Crippen LogP contribution < -0.4 is 9.54 Å². The van der Waals surface area contributed by atoms with Gasteiger partial charge in [0.1, 0.15) is 11.3 Å². The van der Waals surface area contributed by atoms with Crippen LogP contribution in [0.25, 0.3) is 10.2 Å². The Morgan fingerprint density at radius 1 is 1.38 bits per heavy atom. The van der Waals surface area contributed by atoms with Crippen LogP contribution >= 0.6 is 11.3 Å². The molecule has 0 bridgehead atoms. The van der Waals surface area contributed by atoms with E-state index in [1.807, 2.05) is 30.7 Å². The predicted octanol–water partition coefficient (Wildman–Crippen LogP) is 2.89. The van der Waals surface area contributed by atoms with E-state index in [0.717, 1.165) is 21.5 Å². The van der Waals surface area contributed by atoms with Crippen LogP contribution in [0.15, 0.2) is 39.9 Å². The zero-order chi connectivity index (χ0) is 15.0. The number of aromatic nitrogens is 1. The number of amides is 1. The van der Waals surface area contributed by atoms with Gasteiger partial charge < -0.3 is 13.7 Å². The smallest absolute Gasteiger partial charge is 0.315 e. The number of hydrogen-bond acceptors (Lipinski definition) is 4. The molecule has 21 heavy (non-hydrogen) atoms. The maximum atomic E-state index is 12.0. The molecule has 6 heteroatoms. The lowest BCUT2D eigenvalue weighted by Gasteiger charge is -2.05. The van der Waals surface area contributed by atoms with Crippen LogP contribution in [-0.4, -0.2) is 17.6 Å². The van der Waals surface area contributed by atoms with Gasteiger partial charge in [-0.25, -0.2) is 0 Å². The number of nitrogens with zero attached hydrogens (tertiary/aromatic N) is 2. The number of benzene rings is 1.